The largest absolute Gasteiger partial charge is 0.341 e. The molecule has 0 amide bonds. The topological polar surface area (TPSA) is 29.0 Å². The molecule has 0 atom stereocenters. The summed E-state index contributed by atoms with van der Waals surface area (Å²) in [5.41, 5.74) is 1.09. The lowest BCUT2D eigenvalue weighted by atomic mass is 10.2. The molecule has 3 nitrogen and oxygen atoms in total. The van der Waals surface area contributed by atoms with Crippen LogP contribution in [0.15, 0.2) is 0 Å². The highest BCUT2D eigenvalue weighted by atomic mass is 127. The minimum absolute atomic E-state index is 0.605. The fourth-order valence-corrected chi connectivity index (χ4v) is 2.96. The molecule has 0 aliphatic carbocycles. The van der Waals surface area contributed by atoms with E-state index < -0.39 is 0 Å². The molecule has 2 heterocycles. The van der Waals surface area contributed by atoms with Crippen molar-refractivity contribution in [3.8, 4) is 0 Å². The van der Waals surface area contributed by atoms with Crippen molar-refractivity contribution in [1.29, 1.82) is 0 Å². The van der Waals surface area contributed by atoms with E-state index in [9.17, 15) is 0 Å². The molecule has 1 aromatic rings. The number of aryl methyl sites for hydroxylation is 1. The summed E-state index contributed by atoms with van der Waals surface area (Å²) in [6, 6.07) is 0. The van der Waals surface area contributed by atoms with Crippen LogP contribution in [0.2, 0.25) is 5.15 Å². The molecular weight excluding hydrogens is 361 g/mol. The minimum Gasteiger partial charge on any atom is -0.341 e. The number of nitrogens with zero attached hydrogens (tertiary/aromatic N) is 3. The Bertz CT molecular complexity index is 403. The highest BCUT2D eigenvalue weighted by Gasteiger charge is 2.16. The molecule has 0 unspecified atom stereocenters. The Morgan fingerprint density at radius 1 is 1.17 bits per heavy atom. The summed E-state index contributed by atoms with van der Waals surface area (Å²) < 4.78 is 1.01. The van der Waals surface area contributed by atoms with Crippen molar-refractivity contribution < 1.29 is 0 Å². The molecule has 1 aromatic heterocycles. The van der Waals surface area contributed by atoms with Crippen LogP contribution in [0.25, 0.3) is 0 Å². The monoisotopic (exact) mass is 379 g/mol. The Kier molecular flexibility index (Phi) is 5.48. The molecule has 0 saturated carbocycles. The maximum absolute atomic E-state index is 6.23. The van der Waals surface area contributed by atoms with Crippen LogP contribution in [0.1, 0.15) is 44.7 Å². The molecule has 0 spiro atoms. The Balaban J connectivity index is 2.26. The third kappa shape index (κ3) is 3.47. The van der Waals surface area contributed by atoms with Gasteiger partial charge in [-0.05, 0) is 41.9 Å². The molecule has 0 aromatic carbocycles. The molecule has 0 radical (unpaired) electrons. The predicted molar refractivity (Wildman–Crippen MR) is 84.4 cm³/mol. The van der Waals surface area contributed by atoms with Crippen molar-refractivity contribution >= 4 is 40.1 Å². The van der Waals surface area contributed by atoms with Gasteiger partial charge in [0, 0.05) is 13.1 Å². The van der Waals surface area contributed by atoms with E-state index in [0.29, 0.717) is 5.15 Å². The zero-order valence-corrected chi connectivity index (χ0v) is 13.7. The second kappa shape index (κ2) is 6.89. The summed E-state index contributed by atoms with van der Waals surface area (Å²) in [4.78, 5) is 11.5. The van der Waals surface area contributed by atoms with Gasteiger partial charge < -0.3 is 4.90 Å². The number of rotatable bonds is 3. The van der Waals surface area contributed by atoms with Crippen LogP contribution in [0.4, 0.5) is 5.95 Å². The predicted octanol–water partition coefficient (Wildman–Crippen LogP) is 4.07. The van der Waals surface area contributed by atoms with Gasteiger partial charge in [-0.1, -0.05) is 37.8 Å². The van der Waals surface area contributed by atoms with Gasteiger partial charge in [0.25, 0.3) is 0 Å². The molecule has 18 heavy (non-hydrogen) atoms. The molecule has 100 valence electrons. The Morgan fingerprint density at radius 2 is 1.83 bits per heavy atom. The molecular formula is C13H19ClIN3. The third-order valence-electron chi connectivity index (χ3n) is 3.24. The van der Waals surface area contributed by atoms with Crippen LogP contribution in [0.3, 0.4) is 0 Å². The molecule has 1 aliphatic heterocycles. The van der Waals surface area contributed by atoms with Gasteiger partial charge in [-0.2, -0.15) is 4.98 Å². The highest BCUT2D eigenvalue weighted by Crippen LogP contribution is 2.24. The van der Waals surface area contributed by atoms with Gasteiger partial charge in [0.2, 0.25) is 5.95 Å². The number of aromatic nitrogens is 2. The maximum Gasteiger partial charge on any atom is 0.227 e. The van der Waals surface area contributed by atoms with Gasteiger partial charge >= 0.3 is 0 Å². The van der Waals surface area contributed by atoms with Crippen LogP contribution >= 0.6 is 34.2 Å². The lowest BCUT2D eigenvalue weighted by molar-refractivity contribution is 0.726. The van der Waals surface area contributed by atoms with E-state index >= 15 is 0 Å². The molecule has 1 aliphatic rings. The Morgan fingerprint density at radius 3 is 2.44 bits per heavy atom. The second-order valence-electron chi connectivity index (χ2n) is 4.73. The molecule has 1 saturated heterocycles. The van der Waals surface area contributed by atoms with E-state index in [-0.39, 0.29) is 0 Å². The quantitative estimate of drug-likeness (QED) is 0.585. The summed E-state index contributed by atoms with van der Waals surface area (Å²) >= 11 is 8.48. The van der Waals surface area contributed by atoms with E-state index in [1.54, 1.807) is 0 Å². The van der Waals surface area contributed by atoms with Crippen molar-refractivity contribution in [2.75, 3.05) is 18.0 Å². The first-order chi connectivity index (χ1) is 8.72. The lowest BCUT2D eigenvalue weighted by Crippen LogP contribution is -2.26. The van der Waals surface area contributed by atoms with Gasteiger partial charge in [0.05, 0.1) is 9.26 Å². The molecule has 1 fully saturated rings. The van der Waals surface area contributed by atoms with Gasteiger partial charge in [-0.3, -0.25) is 0 Å². The minimum atomic E-state index is 0.605. The first-order valence-corrected chi connectivity index (χ1v) is 8.15. The summed E-state index contributed by atoms with van der Waals surface area (Å²) in [5, 5.41) is 0.605. The first kappa shape index (κ1) is 14.3. The number of halogens is 2. The van der Waals surface area contributed by atoms with E-state index in [1.165, 1.54) is 25.7 Å². The molecule has 5 heteroatoms. The van der Waals surface area contributed by atoms with Gasteiger partial charge in [-0.25, -0.2) is 4.98 Å². The zero-order valence-electron chi connectivity index (χ0n) is 10.8. The normalized spacial score (nSPS) is 16.7. The molecule has 0 N–H and O–H groups in total. The van der Waals surface area contributed by atoms with Crippen molar-refractivity contribution in [3.63, 3.8) is 0 Å². The summed E-state index contributed by atoms with van der Waals surface area (Å²) in [5.74, 6) is 0.825. The average Bonchev–Trinajstić information content (AvgIpc) is 2.63. The zero-order chi connectivity index (χ0) is 13.0. The van der Waals surface area contributed by atoms with Crippen LogP contribution in [0.5, 0.6) is 0 Å². The fourth-order valence-electron chi connectivity index (χ4n) is 2.27. The highest BCUT2D eigenvalue weighted by molar-refractivity contribution is 14.1. The molecule has 2 rings (SSSR count). The Labute approximate surface area is 127 Å². The van der Waals surface area contributed by atoms with Crippen LogP contribution in [-0.2, 0) is 6.42 Å². The summed E-state index contributed by atoms with van der Waals surface area (Å²) in [7, 11) is 0. The second-order valence-corrected chi connectivity index (χ2v) is 6.16. The smallest absolute Gasteiger partial charge is 0.227 e. The Hall–Kier alpha value is -0.100. The standard InChI is InChI=1S/C13H19ClIN3/c1-2-7-10-11(15)12(14)17-13(16-10)18-8-5-3-4-6-9-18/h2-9H2,1H3. The van der Waals surface area contributed by atoms with E-state index in [1.807, 2.05) is 0 Å². The fraction of sp³-hybridized carbons (Fsp3) is 0.692. The lowest BCUT2D eigenvalue weighted by Gasteiger charge is -2.21. The third-order valence-corrected chi connectivity index (χ3v) is 4.97. The summed E-state index contributed by atoms with van der Waals surface area (Å²) in [6.07, 6.45) is 7.16. The number of anilines is 1. The average molecular weight is 380 g/mol. The number of hydrogen-bond acceptors (Lipinski definition) is 3. The van der Waals surface area contributed by atoms with Gasteiger partial charge in [0.1, 0.15) is 5.15 Å². The van der Waals surface area contributed by atoms with Crippen LogP contribution in [-0.4, -0.2) is 23.1 Å². The van der Waals surface area contributed by atoms with Crippen molar-refractivity contribution in [2.24, 2.45) is 0 Å². The van der Waals surface area contributed by atoms with E-state index in [2.05, 4.69) is 39.4 Å². The van der Waals surface area contributed by atoms with E-state index in [0.717, 1.165) is 41.1 Å². The number of hydrogen-bond donors (Lipinski definition) is 0. The molecule has 0 bridgehead atoms. The van der Waals surface area contributed by atoms with Crippen molar-refractivity contribution in [3.05, 3.63) is 14.4 Å². The van der Waals surface area contributed by atoms with Crippen molar-refractivity contribution in [1.82, 2.24) is 9.97 Å². The SMILES string of the molecule is CCCc1nc(N2CCCCCC2)nc(Cl)c1I. The maximum atomic E-state index is 6.23. The van der Waals surface area contributed by atoms with Gasteiger partial charge in [0.15, 0.2) is 0 Å². The first-order valence-electron chi connectivity index (χ1n) is 6.69. The van der Waals surface area contributed by atoms with E-state index in [4.69, 9.17) is 16.6 Å². The van der Waals surface area contributed by atoms with Crippen molar-refractivity contribution in [2.45, 2.75) is 45.4 Å². The van der Waals surface area contributed by atoms with Crippen LogP contribution < -0.4 is 4.90 Å². The van der Waals surface area contributed by atoms with Gasteiger partial charge in [-0.15, -0.1) is 0 Å². The summed E-state index contributed by atoms with van der Waals surface area (Å²) in [6.45, 7) is 4.28. The van der Waals surface area contributed by atoms with Crippen LogP contribution in [0, 0.1) is 3.57 Å².